The number of aliphatic hydroxyl groups excluding tert-OH is 2. The number of rotatable bonds is 12. The molecule has 1 heterocycles. The average Bonchev–Trinajstić information content (AvgIpc) is 3.00. The van der Waals surface area contributed by atoms with Crippen LogP contribution in [0.5, 0.6) is 0 Å². The smallest absolute Gasteiger partial charge is 0.303 e. The van der Waals surface area contributed by atoms with E-state index in [2.05, 4.69) is 17.1 Å². The molecule has 4 N–H and O–H groups in total. The number of likely N-dealkylation sites (N-methyl/N-ethyl adjacent to an activating group) is 1. The quantitative estimate of drug-likeness (QED) is 0.241. The Hall–Kier alpha value is -3.60. The molecule has 0 radical (unpaired) electrons. The van der Waals surface area contributed by atoms with Gasteiger partial charge in [0.15, 0.2) is 6.29 Å². The molecule has 1 amide bonds. The Morgan fingerprint density at radius 2 is 1.67 bits per heavy atom. The molecule has 4 rings (SSSR count). The number of hydrogen-bond acceptors (Lipinski definition) is 7. The summed E-state index contributed by atoms with van der Waals surface area (Å²) in [6, 6.07) is 24.2. The molecule has 9 nitrogen and oxygen atoms in total. The molecule has 9 heteroatoms. The van der Waals surface area contributed by atoms with E-state index in [0.29, 0.717) is 17.8 Å². The van der Waals surface area contributed by atoms with Crippen LogP contribution in [0, 0.1) is 5.92 Å². The van der Waals surface area contributed by atoms with Gasteiger partial charge in [0.25, 0.3) is 0 Å². The van der Waals surface area contributed by atoms with Crippen LogP contribution < -0.4 is 5.32 Å². The molecule has 3 aromatic rings. The van der Waals surface area contributed by atoms with Crippen molar-refractivity contribution in [3.63, 3.8) is 0 Å². The van der Waals surface area contributed by atoms with E-state index in [1.165, 1.54) is 0 Å². The summed E-state index contributed by atoms with van der Waals surface area (Å²) in [6.45, 7) is 4.55. The Morgan fingerprint density at radius 1 is 0.952 bits per heavy atom. The fourth-order valence-electron chi connectivity index (χ4n) is 5.15. The summed E-state index contributed by atoms with van der Waals surface area (Å²) in [5, 5.41) is 32.2. The molecule has 42 heavy (non-hydrogen) atoms. The van der Waals surface area contributed by atoms with Gasteiger partial charge in [0.1, 0.15) is 0 Å². The van der Waals surface area contributed by atoms with Crippen LogP contribution in [-0.4, -0.2) is 57.8 Å². The minimum absolute atomic E-state index is 0.0485. The molecule has 0 saturated carbocycles. The topological polar surface area (TPSA) is 129 Å². The van der Waals surface area contributed by atoms with Gasteiger partial charge in [-0.2, -0.15) is 0 Å². The number of hydrogen-bond donors (Lipinski definition) is 4. The maximum atomic E-state index is 12.3. The third-order valence-electron chi connectivity index (χ3n) is 7.89. The molecule has 1 fully saturated rings. The number of ether oxygens (including phenoxy) is 2. The number of aliphatic carboxylic acids is 1. The number of anilines is 1. The van der Waals surface area contributed by atoms with Gasteiger partial charge in [0.2, 0.25) is 5.91 Å². The number of carbonyl (C=O) groups excluding carboxylic acids is 1. The van der Waals surface area contributed by atoms with Gasteiger partial charge in [-0.25, -0.2) is 0 Å². The van der Waals surface area contributed by atoms with Crippen LogP contribution in [-0.2, 0) is 25.7 Å². The molecular weight excluding hydrogens is 536 g/mol. The second-order valence-electron chi connectivity index (χ2n) is 10.9. The highest BCUT2D eigenvalue weighted by molar-refractivity contribution is 5.92. The van der Waals surface area contributed by atoms with Gasteiger partial charge in [0.05, 0.1) is 31.3 Å². The molecule has 1 saturated heterocycles. The second-order valence-corrected chi connectivity index (χ2v) is 10.9. The number of benzene rings is 3. The Morgan fingerprint density at radius 3 is 2.33 bits per heavy atom. The summed E-state index contributed by atoms with van der Waals surface area (Å²) < 4.78 is 13.1. The maximum Gasteiger partial charge on any atom is 0.303 e. The van der Waals surface area contributed by atoms with Crippen molar-refractivity contribution >= 4 is 17.6 Å². The normalized spacial score (nSPS) is 22.0. The third kappa shape index (κ3) is 8.02. The molecule has 6 unspecified atom stereocenters. The van der Waals surface area contributed by atoms with Gasteiger partial charge in [-0.15, -0.1) is 0 Å². The van der Waals surface area contributed by atoms with Crippen LogP contribution in [0.1, 0.15) is 67.4 Å². The fraction of sp³-hybridized carbons (Fsp3) is 0.394. The van der Waals surface area contributed by atoms with Gasteiger partial charge >= 0.3 is 5.97 Å². The zero-order valence-electron chi connectivity index (χ0n) is 24.2. The lowest BCUT2D eigenvalue weighted by Crippen LogP contribution is -2.46. The van der Waals surface area contributed by atoms with E-state index in [4.69, 9.17) is 14.6 Å². The largest absolute Gasteiger partial charge is 0.481 e. The van der Waals surface area contributed by atoms with Crippen molar-refractivity contribution in [2.24, 2.45) is 5.92 Å². The number of nitrogens with zero attached hydrogens (tertiary/aromatic N) is 1. The Kier molecular flexibility index (Phi) is 10.8. The van der Waals surface area contributed by atoms with Crippen LogP contribution in [0.2, 0.25) is 0 Å². The zero-order valence-corrected chi connectivity index (χ0v) is 24.2. The number of carboxylic acid groups (broad SMARTS) is 1. The molecular formula is C33H40N2O7. The van der Waals surface area contributed by atoms with Crippen LogP contribution >= 0.6 is 0 Å². The summed E-state index contributed by atoms with van der Waals surface area (Å²) in [5.74, 6) is -1.47. The van der Waals surface area contributed by atoms with Gasteiger partial charge in [-0.3, -0.25) is 14.5 Å². The summed E-state index contributed by atoms with van der Waals surface area (Å²) in [5.41, 5.74) is 3.84. The van der Waals surface area contributed by atoms with Crippen molar-refractivity contribution in [1.29, 1.82) is 0 Å². The number of carboxylic acids is 1. The number of aliphatic hydroxyl groups is 2. The summed E-state index contributed by atoms with van der Waals surface area (Å²) >= 11 is 0. The first kappa shape index (κ1) is 31.3. The third-order valence-corrected chi connectivity index (χ3v) is 7.89. The van der Waals surface area contributed by atoms with Crippen molar-refractivity contribution in [2.75, 3.05) is 18.9 Å². The van der Waals surface area contributed by atoms with Gasteiger partial charge in [-0.05, 0) is 42.8 Å². The van der Waals surface area contributed by atoms with Crippen molar-refractivity contribution in [1.82, 2.24) is 4.90 Å². The number of carbonyl (C=O) groups is 2. The zero-order chi connectivity index (χ0) is 30.2. The van der Waals surface area contributed by atoms with E-state index in [0.717, 1.165) is 16.7 Å². The van der Waals surface area contributed by atoms with Crippen molar-refractivity contribution in [2.45, 2.75) is 63.9 Å². The Bertz CT molecular complexity index is 1320. The van der Waals surface area contributed by atoms with E-state index in [1.54, 1.807) is 18.2 Å². The predicted molar refractivity (Wildman–Crippen MR) is 158 cm³/mol. The highest BCUT2D eigenvalue weighted by Gasteiger charge is 2.39. The standard InChI is InChI=1S/C33H40N2O7/c1-21-28(19-35(3)22(2)31(40)24-8-5-4-6-9-24)41-33(42-32(21)25-14-12-23(20-36)13-15-25)26-10-7-11-27(18-26)34-29(37)16-17-30(38)39/h4-15,18,21-22,28,31-33,36,40H,16-17,19-20H2,1-3H3,(H,34,37)(H,38,39). The summed E-state index contributed by atoms with van der Waals surface area (Å²) in [6.07, 6.45) is -2.38. The maximum absolute atomic E-state index is 12.3. The molecule has 224 valence electrons. The van der Waals surface area contributed by atoms with Crippen molar-refractivity contribution in [3.8, 4) is 0 Å². The molecule has 0 aromatic heterocycles. The van der Waals surface area contributed by atoms with Crippen molar-refractivity contribution < 1.29 is 34.4 Å². The monoisotopic (exact) mass is 576 g/mol. The van der Waals surface area contributed by atoms with Gasteiger partial charge in [-0.1, -0.05) is 73.7 Å². The summed E-state index contributed by atoms with van der Waals surface area (Å²) in [7, 11) is 1.97. The highest BCUT2D eigenvalue weighted by Crippen LogP contribution is 2.42. The molecule has 1 aliphatic heterocycles. The molecule has 0 bridgehead atoms. The highest BCUT2D eigenvalue weighted by atomic mass is 16.7. The average molecular weight is 577 g/mol. The number of amides is 1. The Labute approximate surface area is 246 Å². The SMILES string of the molecule is CC1C(CN(C)C(C)C(O)c2ccccc2)OC(c2cccc(NC(=O)CCC(=O)O)c2)OC1c1ccc(CO)cc1. The van der Waals surface area contributed by atoms with Crippen LogP contribution in [0.4, 0.5) is 5.69 Å². The minimum atomic E-state index is -1.03. The molecule has 6 atom stereocenters. The van der Waals surface area contributed by atoms with Crippen molar-refractivity contribution in [3.05, 3.63) is 101 Å². The van der Waals surface area contributed by atoms with Gasteiger partial charge in [0, 0.05) is 36.2 Å². The number of nitrogens with one attached hydrogen (secondary N) is 1. The van der Waals surface area contributed by atoms with E-state index in [9.17, 15) is 19.8 Å². The van der Waals surface area contributed by atoms with Crippen LogP contribution in [0.15, 0.2) is 78.9 Å². The van der Waals surface area contributed by atoms with E-state index < -0.39 is 18.4 Å². The van der Waals surface area contributed by atoms with E-state index >= 15 is 0 Å². The predicted octanol–water partition coefficient (Wildman–Crippen LogP) is 4.83. The molecule has 0 aliphatic carbocycles. The first-order valence-electron chi connectivity index (χ1n) is 14.2. The van der Waals surface area contributed by atoms with Crippen LogP contribution in [0.25, 0.3) is 0 Å². The first-order valence-corrected chi connectivity index (χ1v) is 14.2. The lowest BCUT2D eigenvalue weighted by Gasteiger charge is -2.43. The van der Waals surface area contributed by atoms with Gasteiger partial charge < -0.3 is 30.1 Å². The van der Waals surface area contributed by atoms with E-state index in [1.807, 2.05) is 74.6 Å². The lowest BCUT2D eigenvalue weighted by molar-refractivity contribution is -0.276. The lowest BCUT2D eigenvalue weighted by atomic mass is 9.89. The molecule has 0 spiro atoms. The van der Waals surface area contributed by atoms with E-state index in [-0.39, 0.29) is 49.5 Å². The molecule has 1 aliphatic rings. The Balaban J connectivity index is 1.56. The minimum Gasteiger partial charge on any atom is -0.481 e. The fourth-order valence-corrected chi connectivity index (χ4v) is 5.15. The second kappa shape index (κ2) is 14.5. The van der Waals surface area contributed by atoms with Crippen LogP contribution in [0.3, 0.4) is 0 Å². The first-order chi connectivity index (χ1) is 20.2. The summed E-state index contributed by atoms with van der Waals surface area (Å²) in [4.78, 5) is 25.2. The molecule has 3 aromatic carbocycles.